The van der Waals surface area contributed by atoms with E-state index >= 15 is 0 Å². The van der Waals surface area contributed by atoms with Gasteiger partial charge in [0.1, 0.15) is 0 Å². The third-order valence-corrected chi connectivity index (χ3v) is 10.3. The van der Waals surface area contributed by atoms with E-state index in [1.54, 1.807) is 0 Å². The molecule has 0 amide bonds. The first-order chi connectivity index (χ1) is 15.9. The third-order valence-electron chi connectivity index (χ3n) is 6.67. The maximum absolute atomic E-state index is 3.68. The van der Waals surface area contributed by atoms with E-state index in [0.29, 0.717) is 0 Å². The maximum atomic E-state index is 3.68. The van der Waals surface area contributed by atoms with Gasteiger partial charge in [0.25, 0.3) is 0 Å². The van der Waals surface area contributed by atoms with Crippen molar-refractivity contribution in [2.45, 2.75) is 14.7 Å². The van der Waals surface area contributed by atoms with E-state index in [4.69, 9.17) is 0 Å². The lowest BCUT2D eigenvalue weighted by Gasteiger charge is -2.36. The van der Waals surface area contributed by atoms with Crippen LogP contribution < -0.4 is 0 Å². The van der Waals surface area contributed by atoms with Crippen LogP contribution in [0.4, 0.5) is 0 Å². The minimum absolute atomic E-state index is 1.20. The Labute approximate surface area is 188 Å². The average Bonchev–Trinajstić information content (AvgIpc) is 3.44. The van der Waals surface area contributed by atoms with Crippen molar-refractivity contribution in [1.29, 1.82) is 0 Å². The molecular weight excluding hydrogens is 406 g/mol. The van der Waals surface area contributed by atoms with Gasteiger partial charge in [0.2, 0.25) is 0 Å². The average molecular weight is 428 g/mol. The fourth-order valence-corrected chi connectivity index (χ4v) is 8.82. The van der Waals surface area contributed by atoms with E-state index in [0.717, 1.165) is 0 Å². The van der Waals surface area contributed by atoms with Crippen LogP contribution in [0.5, 0.6) is 0 Å². The van der Waals surface area contributed by atoms with Gasteiger partial charge in [-0.2, -0.15) is 0 Å². The molecule has 2 heteroatoms. The first-order valence-electron chi connectivity index (χ1n) is 10.9. The minimum Gasteiger partial charge on any atom is -0.354 e. The van der Waals surface area contributed by atoms with Crippen molar-refractivity contribution < 1.29 is 0 Å². The Morgan fingerprint density at radius 1 is 0.531 bits per heavy atom. The second kappa shape index (κ2) is 6.62. The van der Waals surface area contributed by atoms with Crippen molar-refractivity contribution in [3.8, 4) is 0 Å². The van der Waals surface area contributed by atoms with Crippen LogP contribution in [0.25, 0.3) is 38.7 Å². The predicted octanol–water partition coefficient (Wildman–Crippen LogP) is 8.74. The fourth-order valence-electron chi connectivity index (χ4n) is 5.27. The van der Waals surface area contributed by atoms with Gasteiger partial charge in [0, 0.05) is 36.5 Å². The molecular formula is C30H21NS. The summed E-state index contributed by atoms with van der Waals surface area (Å²) < 4.78 is 0. The first kappa shape index (κ1) is 17.9. The summed E-state index contributed by atoms with van der Waals surface area (Å²) in [4.78, 5) is 7.87. The molecule has 0 atom stereocenters. The fraction of sp³-hybridized carbons (Fsp3) is 0. The lowest BCUT2D eigenvalue weighted by Crippen LogP contribution is -1.99. The number of H-pyrrole nitrogens is 1. The monoisotopic (exact) mass is 427 g/mol. The highest BCUT2D eigenvalue weighted by atomic mass is 32.3. The SMILES string of the molecule is C1=CS(c2ccccc2)(c2ccccc2)c2ccc3[nH]c4ccc5ccccc5c4c3c21. The summed E-state index contributed by atoms with van der Waals surface area (Å²) in [6.07, 6.45) is 2.38. The number of hydrogen-bond acceptors (Lipinski definition) is 0. The number of hydrogen-bond donors (Lipinski definition) is 1. The Hall–Kier alpha value is -3.75. The zero-order valence-corrected chi connectivity index (χ0v) is 18.3. The molecule has 152 valence electrons. The molecule has 1 N–H and O–H groups in total. The minimum atomic E-state index is -1.46. The van der Waals surface area contributed by atoms with Crippen LogP contribution in [0.15, 0.2) is 129 Å². The summed E-state index contributed by atoms with van der Waals surface area (Å²) in [6, 6.07) is 39.8. The van der Waals surface area contributed by atoms with Gasteiger partial charge in [0.15, 0.2) is 0 Å². The molecule has 0 saturated carbocycles. The van der Waals surface area contributed by atoms with Crippen LogP contribution in [-0.4, -0.2) is 4.98 Å². The standard InChI is InChI=1S/C30H21NS/c1-3-10-22(11-4-1)32(23-12-5-2-6-13-23)20-19-25-28(32)18-17-27-30(25)29-24-14-8-7-9-21(24)15-16-26(29)31-27/h1-20,31H. The lowest BCUT2D eigenvalue weighted by atomic mass is 10.0. The molecule has 0 saturated heterocycles. The Morgan fingerprint density at radius 3 is 1.91 bits per heavy atom. The number of nitrogens with one attached hydrogen (secondary N) is 1. The van der Waals surface area contributed by atoms with Gasteiger partial charge < -0.3 is 4.98 Å². The van der Waals surface area contributed by atoms with Crippen molar-refractivity contribution in [3.63, 3.8) is 0 Å². The van der Waals surface area contributed by atoms with Crippen LogP contribution in [-0.2, 0) is 0 Å². The van der Waals surface area contributed by atoms with Gasteiger partial charge in [-0.15, -0.1) is 10.0 Å². The molecule has 0 bridgehead atoms. The molecule has 6 aromatic rings. The Morgan fingerprint density at radius 2 is 1.16 bits per heavy atom. The molecule has 0 spiro atoms. The molecule has 1 aliphatic heterocycles. The van der Waals surface area contributed by atoms with Crippen LogP contribution in [0.3, 0.4) is 0 Å². The van der Waals surface area contributed by atoms with Crippen molar-refractivity contribution >= 4 is 48.7 Å². The van der Waals surface area contributed by atoms with Crippen LogP contribution >= 0.6 is 10.0 Å². The summed E-state index contributed by atoms with van der Waals surface area (Å²) in [5.74, 6) is 0. The van der Waals surface area contributed by atoms with E-state index in [-0.39, 0.29) is 0 Å². The molecule has 1 aromatic heterocycles. The molecule has 32 heavy (non-hydrogen) atoms. The summed E-state index contributed by atoms with van der Waals surface area (Å²) in [7, 11) is -1.46. The van der Waals surface area contributed by atoms with Gasteiger partial charge in [-0.3, -0.25) is 0 Å². The predicted molar refractivity (Wildman–Crippen MR) is 138 cm³/mol. The highest BCUT2D eigenvalue weighted by Gasteiger charge is 2.35. The molecule has 1 nitrogen and oxygen atoms in total. The molecule has 0 fully saturated rings. The summed E-state index contributed by atoms with van der Waals surface area (Å²) in [5, 5.41) is 7.74. The summed E-state index contributed by atoms with van der Waals surface area (Å²) >= 11 is 0. The largest absolute Gasteiger partial charge is 0.354 e. The van der Waals surface area contributed by atoms with E-state index in [1.807, 2.05) is 0 Å². The second-order valence-corrected chi connectivity index (χ2v) is 11.3. The number of fused-ring (bicyclic) bond motifs is 7. The first-order valence-corrected chi connectivity index (χ1v) is 12.6. The maximum Gasteiger partial charge on any atom is 0.0471 e. The zero-order chi connectivity index (χ0) is 21.1. The number of benzene rings is 5. The van der Waals surface area contributed by atoms with Crippen LogP contribution in [0.2, 0.25) is 0 Å². The number of rotatable bonds is 2. The number of aromatic nitrogens is 1. The van der Waals surface area contributed by atoms with Crippen LogP contribution in [0.1, 0.15) is 5.56 Å². The smallest absolute Gasteiger partial charge is 0.0471 e. The van der Waals surface area contributed by atoms with Crippen molar-refractivity contribution in [2.24, 2.45) is 0 Å². The molecule has 7 rings (SSSR count). The Balaban J connectivity index is 1.63. The number of aromatic amines is 1. The van der Waals surface area contributed by atoms with E-state index in [1.165, 1.54) is 52.8 Å². The Bertz CT molecular complexity index is 1620. The van der Waals surface area contributed by atoms with E-state index in [9.17, 15) is 0 Å². The van der Waals surface area contributed by atoms with Gasteiger partial charge in [-0.05, 0) is 70.3 Å². The lowest BCUT2D eigenvalue weighted by molar-refractivity contribution is 1.32. The molecule has 0 unspecified atom stereocenters. The van der Waals surface area contributed by atoms with Gasteiger partial charge in [-0.1, -0.05) is 66.7 Å². The normalized spacial score (nSPS) is 15.4. The summed E-state index contributed by atoms with van der Waals surface area (Å²) in [6.45, 7) is 0. The molecule has 0 radical (unpaired) electrons. The van der Waals surface area contributed by atoms with E-state index in [2.05, 4.69) is 126 Å². The van der Waals surface area contributed by atoms with Gasteiger partial charge in [-0.25, -0.2) is 0 Å². The molecule has 2 heterocycles. The highest BCUT2D eigenvalue weighted by Crippen LogP contribution is 2.73. The van der Waals surface area contributed by atoms with Crippen LogP contribution in [0, 0.1) is 0 Å². The van der Waals surface area contributed by atoms with Crippen molar-refractivity contribution in [3.05, 3.63) is 120 Å². The van der Waals surface area contributed by atoms with E-state index < -0.39 is 10.0 Å². The van der Waals surface area contributed by atoms with Gasteiger partial charge in [0.05, 0.1) is 0 Å². The van der Waals surface area contributed by atoms with Crippen molar-refractivity contribution in [1.82, 2.24) is 4.98 Å². The molecule has 1 aliphatic rings. The third kappa shape index (κ3) is 2.30. The quantitative estimate of drug-likeness (QED) is 0.284. The Kier molecular flexibility index (Phi) is 3.70. The zero-order valence-electron chi connectivity index (χ0n) is 17.5. The van der Waals surface area contributed by atoms with Gasteiger partial charge >= 0.3 is 0 Å². The molecule has 5 aromatic carbocycles. The molecule has 0 aliphatic carbocycles. The van der Waals surface area contributed by atoms with Crippen molar-refractivity contribution in [2.75, 3.05) is 0 Å². The second-order valence-electron chi connectivity index (χ2n) is 8.32. The highest BCUT2D eigenvalue weighted by molar-refractivity contribution is 8.36. The summed E-state index contributed by atoms with van der Waals surface area (Å²) in [5.41, 5.74) is 3.76. The topological polar surface area (TPSA) is 15.8 Å².